The number of aromatic hydroxyl groups is 1. The van der Waals surface area contributed by atoms with Gasteiger partial charge in [-0.2, -0.15) is 0 Å². The number of aromatic nitrogens is 1. The average Bonchev–Trinajstić information content (AvgIpc) is 2.74. The quantitative estimate of drug-likeness (QED) is 0.866. The second-order valence-electron chi connectivity index (χ2n) is 3.73. The number of thioether (sulfide) groups is 1. The summed E-state index contributed by atoms with van der Waals surface area (Å²) < 4.78 is 1.89. The maximum atomic E-state index is 11.2. The molecule has 4 nitrogen and oxygen atoms in total. The van der Waals surface area contributed by atoms with Gasteiger partial charge in [-0.15, -0.1) is 11.8 Å². The zero-order chi connectivity index (χ0) is 11.5. The van der Waals surface area contributed by atoms with Gasteiger partial charge in [-0.3, -0.25) is 9.79 Å². The molecule has 1 aromatic heterocycles. The summed E-state index contributed by atoms with van der Waals surface area (Å²) in [6.07, 6.45) is 2.37. The highest BCUT2D eigenvalue weighted by atomic mass is 32.2. The van der Waals surface area contributed by atoms with Crippen LogP contribution in [0.15, 0.2) is 22.1 Å². The maximum Gasteiger partial charge on any atom is 0.223 e. The Labute approximate surface area is 98.0 Å². The topological polar surface area (TPSA) is 54.6 Å². The van der Waals surface area contributed by atoms with Crippen molar-refractivity contribution in [2.24, 2.45) is 4.99 Å². The smallest absolute Gasteiger partial charge is 0.223 e. The van der Waals surface area contributed by atoms with E-state index < -0.39 is 0 Å². The molecule has 1 aliphatic heterocycles. The molecule has 1 aromatic rings. The van der Waals surface area contributed by atoms with Crippen LogP contribution in [-0.4, -0.2) is 27.0 Å². The number of aryl methyl sites for hydroxylation is 2. The predicted octanol–water partition coefficient (Wildman–Crippen LogP) is 1.40. The second kappa shape index (κ2) is 4.74. The molecule has 0 unspecified atom stereocenters. The predicted molar refractivity (Wildman–Crippen MR) is 66.5 cm³/mol. The molecule has 0 spiro atoms. The monoisotopic (exact) mass is 238 g/mol. The lowest BCUT2D eigenvalue weighted by atomic mass is 10.3. The number of hydrogen-bond donors (Lipinski definition) is 1. The minimum Gasteiger partial charge on any atom is -0.503 e. The summed E-state index contributed by atoms with van der Waals surface area (Å²) >= 11 is 1.79. The molecule has 1 N–H and O–H groups in total. The van der Waals surface area contributed by atoms with Crippen LogP contribution in [0.4, 0.5) is 0 Å². The minimum absolute atomic E-state index is 0.188. The molecular weight excluding hydrogens is 224 g/mol. The third kappa shape index (κ3) is 2.47. The summed E-state index contributed by atoms with van der Waals surface area (Å²) in [5, 5.41) is 10.5. The Hall–Kier alpha value is -1.23. The van der Waals surface area contributed by atoms with E-state index in [-0.39, 0.29) is 11.2 Å². The Kier molecular flexibility index (Phi) is 3.33. The third-order valence-electron chi connectivity index (χ3n) is 2.54. The molecule has 0 aromatic carbocycles. The van der Waals surface area contributed by atoms with Crippen molar-refractivity contribution >= 4 is 16.8 Å². The van der Waals surface area contributed by atoms with Crippen LogP contribution >= 0.6 is 11.8 Å². The van der Waals surface area contributed by atoms with Crippen molar-refractivity contribution in [2.75, 3.05) is 12.3 Å². The fraction of sp³-hybridized carbons (Fsp3) is 0.455. The van der Waals surface area contributed by atoms with Gasteiger partial charge in [-0.25, -0.2) is 0 Å². The van der Waals surface area contributed by atoms with Crippen molar-refractivity contribution in [3.05, 3.63) is 28.2 Å². The van der Waals surface area contributed by atoms with E-state index in [2.05, 4.69) is 4.99 Å². The first-order valence-electron chi connectivity index (χ1n) is 5.23. The number of hydrogen-bond acceptors (Lipinski definition) is 4. The fourth-order valence-electron chi connectivity index (χ4n) is 1.65. The van der Waals surface area contributed by atoms with E-state index >= 15 is 0 Å². The highest BCUT2D eigenvalue weighted by Gasteiger charge is 2.08. The van der Waals surface area contributed by atoms with Gasteiger partial charge < -0.3 is 9.67 Å². The first kappa shape index (κ1) is 11.3. The fourth-order valence-corrected chi connectivity index (χ4v) is 2.48. The molecule has 0 saturated heterocycles. The van der Waals surface area contributed by atoms with E-state index in [4.69, 9.17) is 0 Å². The molecule has 1 aliphatic rings. The molecule has 2 heterocycles. The summed E-state index contributed by atoms with van der Waals surface area (Å²) in [4.78, 5) is 15.5. The molecule has 0 bridgehead atoms. The average molecular weight is 238 g/mol. The number of rotatable bonds is 3. The molecule has 0 amide bonds. The van der Waals surface area contributed by atoms with Crippen LogP contribution in [0.3, 0.4) is 0 Å². The van der Waals surface area contributed by atoms with Crippen LogP contribution in [0.25, 0.3) is 0 Å². The van der Waals surface area contributed by atoms with Crippen LogP contribution in [0.2, 0.25) is 0 Å². The largest absolute Gasteiger partial charge is 0.503 e. The van der Waals surface area contributed by atoms with Gasteiger partial charge >= 0.3 is 0 Å². The number of nitrogens with zero attached hydrogens (tertiary/aromatic N) is 2. The standard InChI is InChI=1S/C11H14N2O2S/c1-8-6-9(14)10(15)7-13(8)4-2-11-12-3-5-16-11/h6-7,15H,2-5H2,1H3. The molecular formula is C11H14N2O2S. The van der Waals surface area contributed by atoms with Gasteiger partial charge in [-0.1, -0.05) is 0 Å². The molecule has 0 atom stereocenters. The third-order valence-corrected chi connectivity index (χ3v) is 3.59. The SMILES string of the molecule is Cc1cc(=O)c(O)cn1CCC1=NCCS1. The van der Waals surface area contributed by atoms with E-state index in [1.807, 2.05) is 11.5 Å². The van der Waals surface area contributed by atoms with E-state index in [1.54, 1.807) is 11.8 Å². The molecule has 16 heavy (non-hydrogen) atoms. The van der Waals surface area contributed by atoms with Gasteiger partial charge in [0.25, 0.3) is 0 Å². The molecule has 0 fully saturated rings. The maximum absolute atomic E-state index is 11.2. The van der Waals surface area contributed by atoms with Gasteiger partial charge in [0, 0.05) is 37.0 Å². The zero-order valence-corrected chi connectivity index (χ0v) is 9.96. The number of aliphatic imine (C=N–C) groups is 1. The van der Waals surface area contributed by atoms with Gasteiger partial charge in [0.15, 0.2) is 5.75 Å². The van der Waals surface area contributed by atoms with E-state index in [0.29, 0.717) is 0 Å². The van der Waals surface area contributed by atoms with Crippen LogP contribution in [-0.2, 0) is 6.54 Å². The lowest BCUT2D eigenvalue weighted by Crippen LogP contribution is -2.11. The first-order chi connectivity index (χ1) is 7.66. The Morgan fingerprint density at radius 1 is 1.62 bits per heavy atom. The van der Waals surface area contributed by atoms with Crippen LogP contribution in [0.5, 0.6) is 5.75 Å². The first-order valence-corrected chi connectivity index (χ1v) is 6.21. The van der Waals surface area contributed by atoms with Gasteiger partial charge in [0.1, 0.15) is 0 Å². The highest BCUT2D eigenvalue weighted by Crippen LogP contribution is 2.15. The van der Waals surface area contributed by atoms with Gasteiger partial charge in [0.2, 0.25) is 5.43 Å². The van der Waals surface area contributed by atoms with E-state index in [0.717, 1.165) is 36.0 Å². The zero-order valence-electron chi connectivity index (χ0n) is 9.14. The summed E-state index contributed by atoms with van der Waals surface area (Å²) in [5.74, 6) is 0.885. The summed E-state index contributed by atoms with van der Waals surface area (Å²) in [6, 6.07) is 1.46. The van der Waals surface area contributed by atoms with Crippen molar-refractivity contribution in [3.8, 4) is 5.75 Å². The van der Waals surface area contributed by atoms with E-state index in [1.165, 1.54) is 12.3 Å². The second-order valence-corrected chi connectivity index (χ2v) is 4.90. The van der Waals surface area contributed by atoms with Gasteiger partial charge in [0.05, 0.1) is 11.2 Å². The van der Waals surface area contributed by atoms with Crippen molar-refractivity contribution < 1.29 is 5.11 Å². The van der Waals surface area contributed by atoms with Crippen molar-refractivity contribution in [2.45, 2.75) is 19.9 Å². The van der Waals surface area contributed by atoms with Crippen LogP contribution in [0.1, 0.15) is 12.1 Å². The minimum atomic E-state index is -0.318. The Morgan fingerprint density at radius 2 is 2.44 bits per heavy atom. The van der Waals surface area contributed by atoms with Crippen LogP contribution < -0.4 is 5.43 Å². The molecule has 0 saturated carbocycles. The Bertz CT molecular complexity index is 479. The molecule has 5 heteroatoms. The Balaban J connectivity index is 2.09. The van der Waals surface area contributed by atoms with Crippen LogP contribution in [0, 0.1) is 6.92 Å². The molecule has 0 radical (unpaired) electrons. The van der Waals surface area contributed by atoms with Crippen molar-refractivity contribution in [3.63, 3.8) is 0 Å². The summed E-state index contributed by atoms with van der Waals surface area (Å²) in [6.45, 7) is 3.53. The number of pyridine rings is 1. The normalized spacial score (nSPS) is 15.2. The lowest BCUT2D eigenvalue weighted by molar-refractivity contribution is 0.459. The summed E-state index contributed by atoms with van der Waals surface area (Å²) in [5.41, 5.74) is 0.549. The highest BCUT2D eigenvalue weighted by molar-refractivity contribution is 8.14. The molecule has 86 valence electrons. The molecule has 2 rings (SSSR count). The molecule has 0 aliphatic carbocycles. The lowest BCUT2D eigenvalue weighted by Gasteiger charge is -2.10. The van der Waals surface area contributed by atoms with Gasteiger partial charge in [-0.05, 0) is 6.92 Å². The van der Waals surface area contributed by atoms with Crippen molar-refractivity contribution in [1.29, 1.82) is 0 Å². The summed E-state index contributed by atoms with van der Waals surface area (Å²) in [7, 11) is 0. The Morgan fingerprint density at radius 3 is 3.12 bits per heavy atom. The van der Waals surface area contributed by atoms with E-state index in [9.17, 15) is 9.90 Å². The van der Waals surface area contributed by atoms with Crippen molar-refractivity contribution in [1.82, 2.24) is 4.57 Å².